The van der Waals surface area contributed by atoms with Crippen LogP contribution < -0.4 is 0 Å². The molecule has 0 amide bonds. The van der Waals surface area contributed by atoms with Crippen LogP contribution >= 0.6 is 0 Å². The van der Waals surface area contributed by atoms with Gasteiger partial charge in [-0.2, -0.15) is 0 Å². The molecule has 1 aromatic heterocycles. The van der Waals surface area contributed by atoms with Crippen LogP contribution in [0.15, 0.2) is 35.9 Å². The summed E-state index contributed by atoms with van der Waals surface area (Å²) in [6, 6.07) is 8.37. The van der Waals surface area contributed by atoms with E-state index in [0.29, 0.717) is 6.42 Å². The molecule has 3 saturated heterocycles. The molecule has 0 saturated carbocycles. The maximum Gasteiger partial charge on any atom is 0.321 e. The first-order valence-corrected chi connectivity index (χ1v) is 9.20. The van der Waals surface area contributed by atoms with E-state index in [4.69, 9.17) is 4.74 Å². The molecule has 2 aromatic rings. The lowest BCUT2D eigenvalue weighted by Crippen LogP contribution is -2.69. The third-order valence-electron chi connectivity index (χ3n) is 6.88. The van der Waals surface area contributed by atoms with Gasteiger partial charge in [0, 0.05) is 35.1 Å². The highest BCUT2D eigenvalue weighted by Crippen LogP contribution is 2.59. The number of aldehydes is 1. The van der Waals surface area contributed by atoms with Crippen molar-refractivity contribution in [3.63, 3.8) is 0 Å². The Bertz CT molecular complexity index is 959. The van der Waals surface area contributed by atoms with Crippen LogP contribution in [0.25, 0.3) is 10.9 Å². The Kier molecular flexibility index (Phi) is 3.23. The van der Waals surface area contributed by atoms with Crippen LogP contribution in [-0.2, 0) is 20.7 Å². The van der Waals surface area contributed by atoms with Gasteiger partial charge in [0.1, 0.15) is 11.7 Å². The Balaban J connectivity index is 1.74. The first kappa shape index (κ1) is 15.8. The van der Waals surface area contributed by atoms with Gasteiger partial charge in [-0.15, -0.1) is 0 Å². The summed E-state index contributed by atoms with van der Waals surface area (Å²) < 4.78 is 5.15. The van der Waals surface area contributed by atoms with E-state index in [9.17, 15) is 9.59 Å². The average molecular weight is 350 g/mol. The molecule has 4 aliphatic heterocycles. The molecule has 26 heavy (non-hydrogen) atoms. The maximum absolute atomic E-state index is 12.9. The van der Waals surface area contributed by atoms with Gasteiger partial charge >= 0.3 is 5.97 Å². The lowest BCUT2D eigenvalue weighted by atomic mass is 9.55. The summed E-state index contributed by atoms with van der Waals surface area (Å²) in [5, 5.41) is 1.20. The van der Waals surface area contributed by atoms with Crippen LogP contribution in [0.4, 0.5) is 0 Å². The smallest absolute Gasteiger partial charge is 0.321 e. The molecule has 2 unspecified atom stereocenters. The first-order valence-electron chi connectivity index (χ1n) is 9.20. The van der Waals surface area contributed by atoms with Crippen molar-refractivity contribution in [2.75, 3.05) is 13.7 Å². The fraction of sp³-hybridized carbons (Fsp3) is 0.429. The van der Waals surface area contributed by atoms with Crippen molar-refractivity contribution in [1.29, 1.82) is 0 Å². The van der Waals surface area contributed by atoms with Crippen molar-refractivity contribution >= 4 is 23.2 Å². The quantitative estimate of drug-likeness (QED) is 0.392. The number of nitrogens with one attached hydrogen (secondary N) is 1. The van der Waals surface area contributed by atoms with Gasteiger partial charge in [0.2, 0.25) is 0 Å². The maximum atomic E-state index is 12.9. The van der Waals surface area contributed by atoms with Crippen LogP contribution in [0.1, 0.15) is 30.6 Å². The van der Waals surface area contributed by atoms with Crippen molar-refractivity contribution in [2.24, 2.45) is 11.3 Å². The fourth-order valence-corrected chi connectivity index (χ4v) is 5.72. The van der Waals surface area contributed by atoms with Crippen molar-refractivity contribution in [3.8, 4) is 0 Å². The molecule has 0 radical (unpaired) electrons. The zero-order valence-corrected chi connectivity index (χ0v) is 15.0. The van der Waals surface area contributed by atoms with Gasteiger partial charge in [-0.3, -0.25) is 9.69 Å². The Labute approximate surface area is 152 Å². The molecule has 4 bridgehead atoms. The van der Waals surface area contributed by atoms with Crippen LogP contribution in [0, 0.1) is 11.3 Å². The number of nitrogens with zero attached hydrogens (tertiary/aromatic N) is 1. The Morgan fingerprint density at radius 2 is 2.19 bits per heavy atom. The molecule has 3 fully saturated rings. The molecule has 134 valence electrons. The van der Waals surface area contributed by atoms with E-state index in [0.717, 1.165) is 24.8 Å². The number of H-pyrrole nitrogens is 1. The minimum absolute atomic E-state index is 0.0861. The van der Waals surface area contributed by atoms with E-state index in [1.807, 2.05) is 19.1 Å². The van der Waals surface area contributed by atoms with Crippen LogP contribution in [0.3, 0.4) is 0 Å². The predicted octanol–water partition coefficient (Wildman–Crippen LogP) is 2.77. The van der Waals surface area contributed by atoms with Gasteiger partial charge in [0.15, 0.2) is 0 Å². The predicted molar refractivity (Wildman–Crippen MR) is 97.6 cm³/mol. The number of esters is 1. The van der Waals surface area contributed by atoms with Crippen molar-refractivity contribution < 1.29 is 14.3 Å². The zero-order valence-electron chi connectivity index (χ0n) is 15.0. The van der Waals surface area contributed by atoms with Gasteiger partial charge < -0.3 is 14.5 Å². The lowest BCUT2D eigenvalue weighted by Gasteiger charge is -2.61. The summed E-state index contributed by atoms with van der Waals surface area (Å²) in [7, 11) is 1.39. The van der Waals surface area contributed by atoms with Gasteiger partial charge in [0.25, 0.3) is 0 Å². The normalized spacial score (nSPS) is 36.2. The molecule has 0 aliphatic carbocycles. The number of para-hydroxylation sites is 1. The molecule has 5 heterocycles. The number of piperidine rings is 3. The number of benzene rings is 1. The molecule has 6 rings (SSSR count). The van der Waals surface area contributed by atoms with E-state index >= 15 is 0 Å². The number of hydrogen-bond acceptors (Lipinski definition) is 4. The Morgan fingerprint density at radius 1 is 1.38 bits per heavy atom. The second kappa shape index (κ2) is 5.30. The number of rotatable bonds is 2. The Morgan fingerprint density at radius 3 is 2.92 bits per heavy atom. The van der Waals surface area contributed by atoms with E-state index in [2.05, 4.69) is 28.1 Å². The second-order valence-electron chi connectivity index (χ2n) is 7.67. The monoisotopic (exact) mass is 350 g/mol. The SMILES string of the molecule is C/C=C1/CN2C3Cc4c([nH]c5ccccc45)[C@@H]2C[C@@H]1[C@@]3(C=O)C(=O)OC. The molecular formula is C21H22N2O3. The number of carbonyl (C=O) groups excluding carboxylic acids is 2. The minimum atomic E-state index is -1.11. The van der Waals surface area contributed by atoms with Crippen molar-refractivity contribution in [2.45, 2.75) is 31.8 Å². The van der Waals surface area contributed by atoms with E-state index in [1.165, 1.54) is 29.3 Å². The molecule has 1 aromatic carbocycles. The number of methoxy groups -OCH3 is 1. The summed E-state index contributed by atoms with van der Waals surface area (Å²) in [5.41, 5.74) is 3.70. The standard InChI is InChI=1S/C21H22N2O3/c1-3-12-10-23-17-9-15(12)21(11-24,20(25)26-2)18(23)8-14-13-6-4-5-7-16(13)22-19(14)17/h3-7,11,15,17-18,22H,8-10H2,1-2H3/b12-3-/t15-,17-,18?,21+/m0/s1. The number of fused-ring (bicyclic) bond motifs is 4. The molecule has 5 heteroatoms. The third kappa shape index (κ3) is 1.69. The van der Waals surface area contributed by atoms with E-state index < -0.39 is 11.4 Å². The van der Waals surface area contributed by atoms with Gasteiger partial charge in [0.05, 0.1) is 13.2 Å². The highest BCUT2D eigenvalue weighted by Gasteiger charge is 2.65. The molecule has 0 spiro atoms. The van der Waals surface area contributed by atoms with Crippen molar-refractivity contribution in [1.82, 2.24) is 9.88 Å². The van der Waals surface area contributed by atoms with Crippen LogP contribution in [0.2, 0.25) is 0 Å². The van der Waals surface area contributed by atoms with Crippen LogP contribution in [-0.4, -0.2) is 41.8 Å². The fourth-order valence-electron chi connectivity index (χ4n) is 5.72. The lowest BCUT2D eigenvalue weighted by molar-refractivity contribution is -0.176. The number of aromatic nitrogens is 1. The zero-order chi connectivity index (χ0) is 18.1. The molecule has 1 N–H and O–H groups in total. The van der Waals surface area contributed by atoms with Gasteiger partial charge in [-0.05, 0) is 31.4 Å². The summed E-state index contributed by atoms with van der Waals surface area (Å²) in [4.78, 5) is 31.2. The number of aromatic amines is 1. The summed E-state index contributed by atoms with van der Waals surface area (Å²) in [6.45, 7) is 2.81. The summed E-state index contributed by atoms with van der Waals surface area (Å²) in [5.74, 6) is -0.481. The van der Waals surface area contributed by atoms with Gasteiger partial charge in [-0.25, -0.2) is 0 Å². The average Bonchev–Trinajstić information content (AvgIpc) is 3.06. The minimum Gasteiger partial charge on any atom is -0.468 e. The molecule has 5 nitrogen and oxygen atoms in total. The largest absolute Gasteiger partial charge is 0.468 e. The number of hydrogen-bond donors (Lipinski definition) is 1. The topological polar surface area (TPSA) is 62.4 Å². The summed E-state index contributed by atoms with van der Waals surface area (Å²) >= 11 is 0. The number of carbonyl (C=O) groups is 2. The molecule has 5 atom stereocenters. The third-order valence-corrected chi connectivity index (χ3v) is 6.88. The molecule has 4 aliphatic rings. The van der Waals surface area contributed by atoms with E-state index in [-0.39, 0.29) is 18.0 Å². The number of allylic oxidation sites excluding steroid dienone is 1. The van der Waals surface area contributed by atoms with Crippen LogP contribution in [0.5, 0.6) is 0 Å². The summed E-state index contributed by atoms with van der Waals surface area (Å²) in [6.07, 6.45) is 4.40. The first-order chi connectivity index (χ1) is 12.7. The highest BCUT2D eigenvalue weighted by atomic mass is 16.5. The second-order valence-corrected chi connectivity index (χ2v) is 7.67. The molecular weight excluding hydrogens is 328 g/mol. The van der Waals surface area contributed by atoms with Gasteiger partial charge in [-0.1, -0.05) is 29.8 Å². The Hall–Kier alpha value is -2.40. The highest BCUT2D eigenvalue weighted by molar-refractivity contribution is 5.96. The number of ether oxygens (including phenoxy) is 1. The van der Waals surface area contributed by atoms with Crippen molar-refractivity contribution in [3.05, 3.63) is 47.2 Å². The van der Waals surface area contributed by atoms with E-state index in [1.54, 1.807) is 0 Å².